The fourth-order valence-electron chi connectivity index (χ4n) is 2.95. The molecule has 1 aromatic heterocycles. The Labute approximate surface area is 190 Å². The lowest BCUT2D eigenvalue weighted by atomic mass is 10.0. The van der Waals surface area contributed by atoms with Crippen LogP contribution in [0.15, 0.2) is 52.4 Å². The molecule has 1 heterocycles. The molecule has 0 bridgehead atoms. The average molecular weight is 477 g/mol. The number of amides is 1. The van der Waals surface area contributed by atoms with Gasteiger partial charge in [-0.3, -0.25) is 9.59 Å². The van der Waals surface area contributed by atoms with Crippen molar-refractivity contribution >= 4 is 43.3 Å². The minimum atomic E-state index is -3.41. The van der Waals surface area contributed by atoms with Crippen molar-refractivity contribution in [2.24, 2.45) is 4.99 Å². The van der Waals surface area contributed by atoms with Gasteiger partial charge in [-0.25, -0.2) is 8.42 Å². The van der Waals surface area contributed by atoms with Crippen LogP contribution in [0.2, 0.25) is 0 Å². The maximum atomic E-state index is 12.5. The van der Waals surface area contributed by atoms with Crippen LogP contribution in [0.5, 0.6) is 5.75 Å². The van der Waals surface area contributed by atoms with Gasteiger partial charge in [-0.15, -0.1) is 0 Å². The normalized spacial score (nSPS) is 12.3. The van der Waals surface area contributed by atoms with Gasteiger partial charge in [0.25, 0.3) is 5.91 Å². The molecule has 0 aliphatic heterocycles. The SMILES string of the molecule is COC(=O)Cn1c(=NC(=O)COc2ccc(C(C)C)cc2)sc2cc(S(C)(=O)=O)ccc21. The van der Waals surface area contributed by atoms with Crippen molar-refractivity contribution in [2.45, 2.75) is 31.2 Å². The Kier molecular flexibility index (Phi) is 7.15. The van der Waals surface area contributed by atoms with E-state index in [-0.39, 0.29) is 22.8 Å². The lowest BCUT2D eigenvalue weighted by molar-refractivity contribution is -0.141. The third-order valence-electron chi connectivity index (χ3n) is 4.73. The van der Waals surface area contributed by atoms with Crippen LogP contribution in [0.25, 0.3) is 10.2 Å². The van der Waals surface area contributed by atoms with Crippen molar-refractivity contribution in [3.63, 3.8) is 0 Å². The summed E-state index contributed by atoms with van der Waals surface area (Å²) in [7, 11) is -2.14. The topological polar surface area (TPSA) is 104 Å². The molecule has 2 aromatic carbocycles. The van der Waals surface area contributed by atoms with Crippen LogP contribution in [-0.2, 0) is 30.7 Å². The fourth-order valence-corrected chi connectivity index (χ4v) is 4.76. The highest BCUT2D eigenvalue weighted by Crippen LogP contribution is 2.22. The smallest absolute Gasteiger partial charge is 0.325 e. The van der Waals surface area contributed by atoms with Crippen LogP contribution in [0, 0.1) is 0 Å². The third-order valence-corrected chi connectivity index (χ3v) is 6.88. The molecular formula is C22H24N2O6S2. The summed E-state index contributed by atoms with van der Waals surface area (Å²) in [6.45, 7) is 3.73. The monoisotopic (exact) mass is 476 g/mol. The van der Waals surface area contributed by atoms with E-state index in [0.717, 1.165) is 23.2 Å². The van der Waals surface area contributed by atoms with Gasteiger partial charge in [0.05, 0.1) is 22.2 Å². The molecule has 8 nitrogen and oxygen atoms in total. The van der Waals surface area contributed by atoms with Crippen molar-refractivity contribution in [1.29, 1.82) is 0 Å². The number of hydrogen-bond donors (Lipinski definition) is 0. The first-order chi connectivity index (χ1) is 15.1. The van der Waals surface area contributed by atoms with Crippen LogP contribution < -0.4 is 9.54 Å². The number of nitrogens with zero attached hydrogens (tertiary/aromatic N) is 2. The molecule has 3 aromatic rings. The zero-order valence-electron chi connectivity index (χ0n) is 18.2. The zero-order chi connectivity index (χ0) is 23.5. The number of ether oxygens (including phenoxy) is 2. The van der Waals surface area contributed by atoms with Gasteiger partial charge >= 0.3 is 5.97 Å². The number of rotatable bonds is 7. The third kappa shape index (κ3) is 5.63. The molecule has 1 amide bonds. The summed E-state index contributed by atoms with van der Waals surface area (Å²) in [4.78, 5) is 28.8. The molecule has 0 radical (unpaired) electrons. The van der Waals surface area contributed by atoms with Crippen molar-refractivity contribution < 1.29 is 27.5 Å². The van der Waals surface area contributed by atoms with E-state index in [4.69, 9.17) is 9.47 Å². The lowest BCUT2D eigenvalue weighted by Crippen LogP contribution is -2.23. The summed E-state index contributed by atoms with van der Waals surface area (Å²) in [5.74, 6) is -0.115. The quantitative estimate of drug-likeness (QED) is 0.486. The Morgan fingerprint density at radius 3 is 2.41 bits per heavy atom. The number of fused-ring (bicyclic) bond motifs is 1. The first kappa shape index (κ1) is 23.7. The van der Waals surface area contributed by atoms with Gasteiger partial charge in [-0.05, 0) is 41.8 Å². The van der Waals surface area contributed by atoms with Crippen LogP contribution in [0.4, 0.5) is 0 Å². The first-order valence-electron chi connectivity index (χ1n) is 9.79. The maximum Gasteiger partial charge on any atom is 0.325 e. The maximum absolute atomic E-state index is 12.5. The van der Waals surface area contributed by atoms with E-state index in [1.54, 1.807) is 18.2 Å². The number of esters is 1. The molecule has 0 aliphatic rings. The Bertz CT molecular complexity index is 1320. The summed E-state index contributed by atoms with van der Waals surface area (Å²) in [5.41, 5.74) is 1.74. The molecule has 0 aliphatic carbocycles. The molecular weight excluding hydrogens is 452 g/mol. The number of methoxy groups -OCH3 is 1. The number of carbonyl (C=O) groups is 2. The minimum Gasteiger partial charge on any atom is -0.484 e. The van der Waals surface area contributed by atoms with Gasteiger partial charge in [0.15, 0.2) is 21.2 Å². The summed E-state index contributed by atoms with van der Waals surface area (Å²) in [5, 5.41) is 0. The molecule has 170 valence electrons. The Morgan fingerprint density at radius 1 is 1.12 bits per heavy atom. The molecule has 10 heteroatoms. The largest absolute Gasteiger partial charge is 0.484 e. The van der Waals surface area contributed by atoms with Crippen LogP contribution >= 0.6 is 11.3 Å². The second-order valence-corrected chi connectivity index (χ2v) is 10.5. The van der Waals surface area contributed by atoms with E-state index in [9.17, 15) is 18.0 Å². The summed E-state index contributed by atoms with van der Waals surface area (Å²) in [6.07, 6.45) is 1.12. The Hall–Kier alpha value is -2.98. The minimum absolute atomic E-state index is 0.141. The number of hydrogen-bond acceptors (Lipinski definition) is 7. The molecule has 32 heavy (non-hydrogen) atoms. The number of aromatic nitrogens is 1. The molecule has 0 N–H and O–H groups in total. The van der Waals surface area contributed by atoms with Crippen molar-refractivity contribution in [3.8, 4) is 5.75 Å². The fraction of sp³-hybridized carbons (Fsp3) is 0.318. The van der Waals surface area contributed by atoms with Gasteiger partial charge in [0.2, 0.25) is 0 Å². The molecule has 0 spiro atoms. The Balaban J connectivity index is 1.91. The number of thiazole rings is 1. The molecule has 0 saturated heterocycles. The summed E-state index contributed by atoms with van der Waals surface area (Å²) in [6, 6.07) is 12.0. The highest BCUT2D eigenvalue weighted by Gasteiger charge is 2.15. The first-order valence-corrected chi connectivity index (χ1v) is 12.5. The zero-order valence-corrected chi connectivity index (χ0v) is 19.8. The van der Waals surface area contributed by atoms with E-state index < -0.39 is 21.7 Å². The van der Waals surface area contributed by atoms with E-state index >= 15 is 0 Å². The van der Waals surface area contributed by atoms with E-state index in [0.29, 0.717) is 21.9 Å². The van der Waals surface area contributed by atoms with Gasteiger partial charge in [-0.1, -0.05) is 37.3 Å². The van der Waals surface area contributed by atoms with Crippen molar-refractivity contribution in [1.82, 2.24) is 4.57 Å². The van der Waals surface area contributed by atoms with Gasteiger partial charge < -0.3 is 14.0 Å². The van der Waals surface area contributed by atoms with Gasteiger partial charge in [0, 0.05) is 6.26 Å². The predicted octanol–water partition coefficient (Wildman–Crippen LogP) is 2.91. The second-order valence-electron chi connectivity index (χ2n) is 7.47. The van der Waals surface area contributed by atoms with Crippen LogP contribution in [0.3, 0.4) is 0 Å². The van der Waals surface area contributed by atoms with Crippen LogP contribution in [0.1, 0.15) is 25.3 Å². The Morgan fingerprint density at radius 2 is 1.81 bits per heavy atom. The second kappa shape index (κ2) is 9.66. The summed E-state index contributed by atoms with van der Waals surface area (Å²) >= 11 is 1.11. The van der Waals surface area contributed by atoms with Crippen molar-refractivity contribution in [3.05, 3.63) is 52.8 Å². The molecule has 0 unspecified atom stereocenters. The van der Waals surface area contributed by atoms with E-state index in [1.807, 2.05) is 12.1 Å². The van der Waals surface area contributed by atoms with E-state index in [2.05, 4.69) is 18.8 Å². The standard InChI is InChI=1S/C22H24N2O6S2/c1-14(2)15-5-7-16(8-6-15)30-13-20(25)23-22-24(12-21(26)29-3)18-10-9-17(32(4,27)28)11-19(18)31-22/h5-11,14H,12-13H2,1-4H3. The molecule has 3 rings (SSSR count). The molecule has 0 fully saturated rings. The van der Waals surface area contributed by atoms with Crippen molar-refractivity contribution in [2.75, 3.05) is 20.0 Å². The van der Waals surface area contributed by atoms with Crippen LogP contribution in [-0.4, -0.2) is 44.8 Å². The molecule has 0 saturated carbocycles. The van der Waals surface area contributed by atoms with Gasteiger partial charge in [-0.2, -0.15) is 4.99 Å². The number of carbonyl (C=O) groups excluding carboxylic acids is 2. The highest BCUT2D eigenvalue weighted by atomic mass is 32.2. The van der Waals surface area contributed by atoms with Gasteiger partial charge in [0.1, 0.15) is 12.3 Å². The molecule has 0 atom stereocenters. The predicted molar refractivity (Wildman–Crippen MR) is 122 cm³/mol. The number of sulfone groups is 1. The number of benzene rings is 2. The highest BCUT2D eigenvalue weighted by molar-refractivity contribution is 7.90. The average Bonchev–Trinajstić information content (AvgIpc) is 3.07. The lowest BCUT2D eigenvalue weighted by Gasteiger charge is -2.07. The summed E-state index contributed by atoms with van der Waals surface area (Å²) < 4.78 is 36.1. The van der Waals surface area contributed by atoms with E-state index in [1.165, 1.54) is 23.8 Å².